The molecule has 0 bridgehead atoms. The van der Waals surface area contributed by atoms with Crippen molar-refractivity contribution in [2.24, 2.45) is 5.41 Å². The number of hydrogen-bond donors (Lipinski definition) is 0. The van der Waals surface area contributed by atoms with Crippen molar-refractivity contribution in [3.8, 4) is 5.69 Å². The molecule has 0 unspecified atom stereocenters. The molecule has 1 fully saturated rings. The Hall–Kier alpha value is -3.68. The van der Waals surface area contributed by atoms with E-state index in [2.05, 4.69) is 10.1 Å². The van der Waals surface area contributed by atoms with Crippen LogP contribution in [0.25, 0.3) is 11.8 Å². The molecular weight excluding hydrogens is 568 g/mol. The third kappa shape index (κ3) is 4.38. The van der Waals surface area contributed by atoms with Gasteiger partial charge in [-0.25, -0.2) is 17.5 Å². The molecule has 0 radical (unpaired) electrons. The van der Waals surface area contributed by atoms with Crippen molar-refractivity contribution in [1.29, 1.82) is 0 Å². The predicted molar refractivity (Wildman–Crippen MR) is 139 cm³/mol. The first kappa shape index (κ1) is 26.5. The summed E-state index contributed by atoms with van der Waals surface area (Å²) in [5.74, 6) is -0.673. The molecule has 2 aromatic carbocycles. The molecule has 206 valence electrons. The smallest absolute Gasteiger partial charge is 0.292 e. The Kier molecular flexibility index (Phi) is 6.28. The minimum Gasteiger partial charge on any atom is -0.292 e. The molecule has 1 atom stereocenters. The molecule has 0 amide bonds. The topological polar surface area (TPSA) is 85.2 Å². The van der Waals surface area contributed by atoms with Crippen LogP contribution in [0.1, 0.15) is 32.9 Å². The largest absolute Gasteiger partial charge is 0.416 e. The van der Waals surface area contributed by atoms with Crippen molar-refractivity contribution in [3.63, 3.8) is 0 Å². The maximum absolute atomic E-state index is 14.0. The van der Waals surface area contributed by atoms with Gasteiger partial charge in [0, 0.05) is 19.3 Å². The molecule has 4 aromatic rings. The fourth-order valence-electron chi connectivity index (χ4n) is 5.34. The second kappa shape index (κ2) is 9.46. The highest BCUT2D eigenvalue weighted by Crippen LogP contribution is 2.47. The second-order valence-corrected chi connectivity index (χ2v) is 12.5. The summed E-state index contributed by atoms with van der Waals surface area (Å²) in [6.07, 6.45) is 0.674. The Labute approximate surface area is 230 Å². The number of benzene rings is 2. The van der Waals surface area contributed by atoms with Crippen molar-refractivity contribution in [2.45, 2.75) is 23.9 Å². The average molecular weight is 589 g/mol. The number of Topliss-reactive ketones (excluding diaryl/α,β-unsaturated/α-hetero) is 1. The molecule has 40 heavy (non-hydrogen) atoms. The van der Waals surface area contributed by atoms with Crippen molar-refractivity contribution in [3.05, 3.63) is 99.5 Å². The maximum atomic E-state index is 14.0. The predicted octanol–water partition coefficient (Wildman–Crippen LogP) is 5.39. The molecule has 7 nitrogen and oxygen atoms in total. The van der Waals surface area contributed by atoms with Gasteiger partial charge in [-0.2, -0.15) is 22.6 Å². The molecule has 6 rings (SSSR count). The highest BCUT2D eigenvalue weighted by atomic mass is 32.2. The van der Waals surface area contributed by atoms with Gasteiger partial charge in [0.15, 0.2) is 5.78 Å². The van der Waals surface area contributed by atoms with E-state index in [1.807, 2.05) is 6.08 Å². The van der Waals surface area contributed by atoms with Crippen LogP contribution in [0.4, 0.5) is 17.6 Å². The van der Waals surface area contributed by atoms with Gasteiger partial charge in [0.1, 0.15) is 5.82 Å². The lowest BCUT2D eigenvalue weighted by molar-refractivity contribution is -0.137. The monoisotopic (exact) mass is 588 g/mol. The summed E-state index contributed by atoms with van der Waals surface area (Å²) >= 11 is 1.15. The molecule has 3 heterocycles. The molecule has 0 saturated carbocycles. The van der Waals surface area contributed by atoms with Crippen LogP contribution < -0.4 is 0 Å². The van der Waals surface area contributed by atoms with E-state index in [-0.39, 0.29) is 42.4 Å². The number of carbonyl (C=O) groups is 1. The lowest BCUT2D eigenvalue weighted by atomic mass is 9.66. The van der Waals surface area contributed by atoms with E-state index in [9.17, 15) is 30.8 Å². The number of piperidine rings is 1. The van der Waals surface area contributed by atoms with Crippen LogP contribution in [0.2, 0.25) is 0 Å². The molecule has 2 aliphatic rings. The highest BCUT2D eigenvalue weighted by Gasteiger charge is 2.51. The summed E-state index contributed by atoms with van der Waals surface area (Å²) in [5.41, 5.74) is 2.09. The first-order valence-corrected chi connectivity index (χ1v) is 14.5. The van der Waals surface area contributed by atoms with E-state index in [0.29, 0.717) is 21.8 Å². The number of sulfonamides is 1. The zero-order valence-electron chi connectivity index (χ0n) is 20.6. The number of halogens is 4. The summed E-state index contributed by atoms with van der Waals surface area (Å²) in [6.45, 7) is -0.160. The zero-order valence-corrected chi connectivity index (χ0v) is 22.2. The maximum Gasteiger partial charge on any atom is 0.416 e. The van der Waals surface area contributed by atoms with E-state index < -0.39 is 27.2 Å². The standard InChI is InChI=1S/C27H20F4N4O3S2/c28-20-3-5-21(6-4-20)35-23-11-19-9-10-34(40(37,38)22-7-1-18(2-8-22)27(29,30)31)15-26(19,12-17(23)13-33-35)25(36)24-14-32-16-39-24/h1-8,11,13-14,16H,9-10,12,15H2/t26-/m0/s1. The molecule has 1 saturated heterocycles. The minimum atomic E-state index is -4.60. The number of rotatable bonds is 5. The number of ketones is 1. The van der Waals surface area contributed by atoms with Crippen LogP contribution in [0.15, 0.2) is 76.9 Å². The van der Waals surface area contributed by atoms with Crippen molar-refractivity contribution >= 4 is 33.2 Å². The molecule has 0 spiro atoms. The fourth-order valence-corrected chi connectivity index (χ4v) is 7.50. The van der Waals surface area contributed by atoms with Gasteiger partial charge in [-0.1, -0.05) is 5.57 Å². The Morgan fingerprint density at radius 3 is 2.40 bits per heavy atom. The third-order valence-electron chi connectivity index (χ3n) is 7.36. The summed E-state index contributed by atoms with van der Waals surface area (Å²) in [4.78, 5) is 18.1. The SMILES string of the molecule is O=C(c1cncs1)[C@]12Cc3cnn(-c4ccc(F)cc4)c3C=C1CCN(S(=O)(=O)c1ccc(C(F)(F)F)cc1)C2. The van der Waals surface area contributed by atoms with Crippen LogP contribution in [0.5, 0.6) is 0 Å². The first-order chi connectivity index (χ1) is 19.0. The fraction of sp³-hybridized carbons (Fsp3) is 0.222. The average Bonchev–Trinajstić information content (AvgIpc) is 3.61. The number of hydrogen-bond acceptors (Lipinski definition) is 6. The molecule has 1 aliphatic heterocycles. The Bertz CT molecular complexity index is 1730. The summed E-state index contributed by atoms with van der Waals surface area (Å²) < 4.78 is 82.6. The lowest BCUT2D eigenvalue weighted by Crippen LogP contribution is -2.53. The highest BCUT2D eigenvalue weighted by molar-refractivity contribution is 7.89. The van der Waals surface area contributed by atoms with Gasteiger partial charge in [0.2, 0.25) is 10.0 Å². The van der Waals surface area contributed by atoms with Crippen LogP contribution in [0.3, 0.4) is 0 Å². The number of fused-ring (bicyclic) bond motifs is 2. The third-order valence-corrected chi connectivity index (χ3v) is 9.99. The van der Waals surface area contributed by atoms with Gasteiger partial charge in [0.25, 0.3) is 0 Å². The van der Waals surface area contributed by atoms with E-state index >= 15 is 0 Å². The second-order valence-electron chi connectivity index (χ2n) is 9.68. The van der Waals surface area contributed by atoms with Crippen molar-refractivity contribution in [2.75, 3.05) is 13.1 Å². The first-order valence-electron chi connectivity index (χ1n) is 12.1. The number of carbonyl (C=O) groups excluding carboxylic acids is 1. The van der Waals surface area contributed by atoms with Crippen molar-refractivity contribution < 1.29 is 30.8 Å². The molecule has 2 aromatic heterocycles. The van der Waals surface area contributed by atoms with E-state index in [1.165, 1.54) is 28.1 Å². The van der Waals surface area contributed by atoms with Gasteiger partial charge in [-0.05, 0) is 73.0 Å². The van der Waals surface area contributed by atoms with E-state index in [0.717, 1.165) is 41.2 Å². The Morgan fingerprint density at radius 1 is 1.02 bits per heavy atom. The minimum absolute atomic E-state index is 0.0347. The number of alkyl halides is 3. The van der Waals surface area contributed by atoms with Crippen LogP contribution >= 0.6 is 11.3 Å². The zero-order chi connectivity index (χ0) is 28.3. The van der Waals surface area contributed by atoms with Gasteiger partial charge < -0.3 is 0 Å². The van der Waals surface area contributed by atoms with Crippen LogP contribution in [-0.4, -0.2) is 46.4 Å². The van der Waals surface area contributed by atoms with Crippen LogP contribution in [-0.2, 0) is 22.6 Å². The summed E-state index contributed by atoms with van der Waals surface area (Å²) in [7, 11) is -4.22. The molecular formula is C27H20F4N4O3S2. The molecule has 1 aliphatic carbocycles. The number of nitrogens with zero attached hydrogens (tertiary/aromatic N) is 4. The van der Waals surface area contributed by atoms with E-state index in [4.69, 9.17) is 0 Å². The van der Waals surface area contributed by atoms with Gasteiger partial charge in [0.05, 0.1) is 43.8 Å². The van der Waals surface area contributed by atoms with Crippen molar-refractivity contribution in [1.82, 2.24) is 19.1 Å². The van der Waals surface area contributed by atoms with Gasteiger partial charge >= 0.3 is 6.18 Å². The Balaban J connectivity index is 1.40. The summed E-state index contributed by atoms with van der Waals surface area (Å²) in [6, 6.07) is 9.16. The summed E-state index contributed by atoms with van der Waals surface area (Å²) in [5, 5.41) is 4.46. The molecule has 0 N–H and O–H groups in total. The number of thiazole rings is 1. The lowest BCUT2D eigenvalue weighted by Gasteiger charge is -2.44. The van der Waals surface area contributed by atoms with Gasteiger partial charge in [-0.3, -0.25) is 9.78 Å². The number of aromatic nitrogens is 3. The van der Waals surface area contributed by atoms with Crippen LogP contribution in [0, 0.1) is 11.2 Å². The Morgan fingerprint density at radius 2 is 1.75 bits per heavy atom. The van der Waals surface area contributed by atoms with E-state index in [1.54, 1.807) is 23.0 Å². The van der Waals surface area contributed by atoms with Gasteiger partial charge in [-0.15, -0.1) is 11.3 Å². The normalized spacial score (nSPS) is 19.6. The quantitative estimate of drug-likeness (QED) is 0.231. The molecule has 13 heteroatoms.